The van der Waals surface area contributed by atoms with Crippen LogP contribution < -0.4 is 19.9 Å². The van der Waals surface area contributed by atoms with Gasteiger partial charge in [0.15, 0.2) is 17.1 Å². The highest BCUT2D eigenvalue weighted by molar-refractivity contribution is 5.73. The van der Waals surface area contributed by atoms with Crippen molar-refractivity contribution in [2.45, 2.75) is 0 Å². The third kappa shape index (κ3) is 2.07. The topological polar surface area (TPSA) is 78.4 Å². The number of methoxy groups -OCH3 is 3. The van der Waals surface area contributed by atoms with Gasteiger partial charge in [0, 0.05) is 18.3 Å². The summed E-state index contributed by atoms with van der Waals surface area (Å²) in [6.45, 7) is 0. The van der Waals surface area contributed by atoms with Gasteiger partial charge in [-0.25, -0.2) is 14.3 Å². The summed E-state index contributed by atoms with van der Waals surface area (Å²) in [4.78, 5) is 19.3. The summed E-state index contributed by atoms with van der Waals surface area (Å²) in [5.41, 5.74) is 1.47. The van der Waals surface area contributed by atoms with E-state index in [2.05, 4.69) is 9.97 Å². The molecule has 0 radical (unpaired) electrons. The first-order chi connectivity index (χ1) is 10.7. The van der Waals surface area contributed by atoms with E-state index in [9.17, 15) is 4.79 Å². The van der Waals surface area contributed by atoms with Gasteiger partial charge in [0.2, 0.25) is 5.75 Å². The molecule has 7 heteroatoms. The highest BCUT2D eigenvalue weighted by Gasteiger charge is 2.17. The third-order valence-corrected chi connectivity index (χ3v) is 3.35. The van der Waals surface area contributed by atoms with E-state index in [4.69, 9.17) is 14.2 Å². The molecule has 0 spiro atoms. The van der Waals surface area contributed by atoms with Gasteiger partial charge in [0.1, 0.15) is 0 Å². The van der Waals surface area contributed by atoms with Crippen molar-refractivity contribution in [1.82, 2.24) is 14.5 Å². The normalized spacial score (nSPS) is 10.7. The molecule has 1 aromatic carbocycles. The van der Waals surface area contributed by atoms with Crippen LogP contribution in [0.2, 0.25) is 0 Å². The van der Waals surface area contributed by atoms with E-state index in [1.54, 1.807) is 30.5 Å². The van der Waals surface area contributed by atoms with E-state index < -0.39 is 0 Å². The second kappa shape index (κ2) is 5.44. The Morgan fingerprint density at radius 3 is 2.36 bits per heavy atom. The predicted octanol–water partition coefficient (Wildman–Crippen LogP) is 1.74. The monoisotopic (exact) mass is 301 g/mol. The van der Waals surface area contributed by atoms with E-state index in [0.29, 0.717) is 34.1 Å². The molecule has 0 atom stereocenters. The van der Waals surface area contributed by atoms with Gasteiger partial charge in [0.25, 0.3) is 0 Å². The van der Waals surface area contributed by atoms with Crippen LogP contribution in [0.5, 0.6) is 17.2 Å². The SMILES string of the molecule is COc1cc(-n2c(=O)[nH]c3cccnc32)cc(OC)c1OC. The fourth-order valence-corrected chi connectivity index (χ4v) is 2.38. The van der Waals surface area contributed by atoms with Crippen LogP contribution in [-0.2, 0) is 0 Å². The summed E-state index contributed by atoms with van der Waals surface area (Å²) in [5.74, 6) is 1.40. The quantitative estimate of drug-likeness (QED) is 0.794. The summed E-state index contributed by atoms with van der Waals surface area (Å²) < 4.78 is 17.4. The highest BCUT2D eigenvalue weighted by atomic mass is 16.5. The molecule has 3 rings (SSSR count). The Morgan fingerprint density at radius 1 is 1.09 bits per heavy atom. The molecule has 0 aliphatic heterocycles. The zero-order chi connectivity index (χ0) is 15.7. The summed E-state index contributed by atoms with van der Waals surface area (Å²) in [6.07, 6.45) is 1.63. The number of aromatic nitrogens is 3. The Morgan fingerprint density at radius 2 is 1.77 bits per heavy atom. The molecule has 3 aromatic rings. The molecular formula is C15H15N3O4. The molecule has 1 N–H and O–H groups in total. The summed E-state index contributed by atoms with van der Waals surface area (Å²) in [7, 11) is 4.58. The van der Waals surface area contributed by atoms with Crippen molar-refractivity contribution < 1.29 is 14.2 Å². The molecule has 114 valence electrons. The number of benzene rings is 1. The Labute approximate surface area is 126 Å². The number of aromatic amines is 1. The van der Waals surface area contributed by atoms with Crippen LogP contribution in [-0.4, -0.2) is 35.9 Å². The molecule has 0 bridgehead atoms. The van der Waals surface area contributed by atoms with Crippen molar-refractivity contribution in [1.29, 1.82) is 0 Å². The maximum Gasteiger partial charge on any atom is 0.332 e. The number of hydrogen-bond donors (Lipinski definition) is 1. The van der Waals surface area contributed by atoms with Crippen LogP contribution >= 0.6 is 0 Å². The number of nitrogens with one attached hydrogen (secondary N) is 1. The molecule has 0 aliphatic carbocycles. The lowest BCUT2D eigenvalue weighted by Gasteiger charge is -2.14. The fraction of sp³-hybridized carbons (Fsp3) is 0.200. The fourth-order valence-electron chi connectivity index (χ4n) is 2.38. The minimum Gasteiger partial charge on any atom is -0.493 e. The first-order valence-electron chi connectivity index (χ1n) is 6.55. The lowest BCUT2D eigenvalue weighted by atomic mass is 10.2. The molecule has 22 heavy (non-hydrogen) atoms. The van der Waals surface area contributed by atoms with Gasteiger partial charge in [-0.1, -0.05) is 0 Å². The number of rotatable bonds is 4. The van der Waals surface area contributed by atoms with Crippen molar-refractivity contribution in [3.8, 4) is 22.9 Å². The maximum absolute atomic E-state index is 12.2. The van der Waals surface area contributed by atoms with Gasteiger partial charge in [-0.2, -0.15) is 0 Å². The van der Waals surface area contributed by atoms with Crippen LogP contribution in [0.25, 0.3) is 16.9 Å². The van der Waals surface area contributed by atoms with Gasteiger partial charge < -0.3 is 19.2 Å². The summed E-state index contributed by atoms with van der Waals surface area (Å²) >= 11 is 0. The molecule has 0 aliphatic rings. The number of ether oxygens (including phenoxy) is 3. The first-order valence-corrected chi connectivity index (χ1v) is 6.55. The largest absolute Gasteiger partial charge is 0.493 e. The Kier molecular flexibility index (Phi) is 3.46. The van der Waals surface area contributed by atoms with Crippen molar-refractivity contribution >= 4 is 11.2 Å². The molecule has 0 fully saturated rings. The van der Waals surface area contributed by atoms with Crippen molar-refractivity contribution in [2.75, 3.05) is 21.3 Å². The van der Waals surface area contributed by atoms with E-state index in [0.717, 1.165) is 0 Å². The van der Waals surface area contributed by atoms with E-state index in [-0.39, 0.29) is 5.69 Å². The maximum atomic E-state index is 12.2. The molecular weight excluding hydrogens is 286 g/mol. The van der Waals surface area contributed by atoms with Gasteiger partial charge >= 0.3 is 5.69 Å². The van der Waals surface area contributed by atoms with Crippen LogP contribution in [0.15, 0.2) is 35.3 Å². The second-order valence-electron chi connectivity index (χ2n) is 4.52. The van der Waals surface area contributed by atoms with Crippen LogP contribution in [0.3, 0.4) is 0 Å². The second-order valence-corrected chi connectivity index (χ2v) is 4.52. The average molecular weight is 301 g/mol. The molecule has 0 unspecified atom stereocenters. The third-order valence-electron chi connectivity index (χ3n) is 3.35. The number of H-pyrrole nitrogens is 1. The lowest BCUT2D eigenvalue weighted by Crippen LogP contribution is -2.15. The Hall–Kier alpha value is -2.96. The minimum absolute atomic E-state index is 0.289. The zero-order valence-electron chi connectivity index (χ0n) is 12.4. The van der Waals surface area contributed by atoms with E-state index >= 15 is 0 Å². The zero-order valence-corrected chi connectivity index (χ0v) is 12.4. The van der Waals surface area contributed by atoms with Crippen molar-refractivity contribution in [3.05, 3.63) is 40.9 Å². The van der Waals surface area contributed by atoms with Crippen LogP contribution in [0.4, 0.5) is 0 Å². The molecule has 2 heterocycles. The average Bonchev–Trinajstić information content (AvgIpc) is 2.89. The minimum atomic E-state index is -0.289. The Balaban J connectivity index is 2.31. The van der Waals surface area contributed by atoms with E-state index in [1.165, 1.54) is 25.9 Å². The van der Waals surface area contributed by atoms with Gasteiger partial charge in [-0.3, -0.25) is 0 Å². The van der Waals surface area contributed by atoms with Gasteiger partial charge in [-0.05, 0) is 12.1 Å². The van der Waals surface area contributed by atoms with Gasteiger partial charge in [-0.15, -0.1) is 0 Å². The Bertz CT molecular complexity index is 857. The number of fused-ring (bicyclic) bond motifs is 1. The summed E-state index contributed by atoms with van der Waals surface area (Å²) in [5, 5.41) is 0. The standard InChI is InChI=1S/C15H15N3O4/c1-20-11-7-9(8-12(21-2)13(11)22-3)18-14-10(17-15(18)19)5-4-6-16-14/h4-8H,1-3H3,(H,17,19). The lowest BCUT2D eigenvalue weighted by molar-refractivity contribution is 0.324. The van der Waals surface area contributed by atoms with Crippen LogP contribution in [0, 0.1) is 0 Å². The molecule has 0 saturated heterocycles. The van der Waals surface area contributed by atoms with E-state index in [1.807, 2.05) is 0 Å². The molecule has 0 amide bonds. The predicted molar refractivity (Wildman–Crippen MR) is 81.3 cm³/mol. The number of pyridine rings is 1. The van der Waals surface area contributed by atoms with Crippen LogP contribution in [0.1, 0.15) is 0 Å². The molecule has 0 saturated carbocycles. The highest BCUT2D eigenvalue weighted by Crippen LogP contribution is 2.39. The molecule has 7 nitrogen and oxygen atoms in total. The first kappa shape index (κ1) is 14.0. The van der Waals surface area contributed by atoms with Crippen molar-refractivity contribution in [3.63, 3.8) is 0 Å². The van der Waals surface area contributed by atoms with Gasteiger partial charge in [0.05, 0.1) is 32.5 Å². The summed E-state index contributed by atoms with van der Waals surface area (Å²) in [6, 6.07) is 6.95. The number of imidazole rings is 1. The molecule has 2 aromatic heterocycles. The number of nitrogens with zero attached hydrogens (tertiary/aromatic N) is 2. The number of hydrogen-bond acceptors (Lipinski definition) is 5. The smallest absolute Gasteiger partial charge is 0.332 e. The van der Waals surface area contributed by atoms with Crippen molar-refractivity contribution in [2.24, 2.45) is 0 Å².